The normalized spacial score (nSPS) is 23.9. The lowest BCUT2D eigenvalue weighted by Crippen LogP contribution is -2.51. The molecule has 2 heterocycles. The van der Waals surface area contributed by atoms with E-state index in [1.165, 1.54) is 12.1 Å². The van der Waals surface area contributed by atoms with E-state index in [2.05, 4.69) is 29.4 Å². The van der Waals surface area contributed by atoms with E-state index in [9.17, 15) is 13.2 Å². The molecule has 2 N–H and O–H groups in total. The van der Waals surface area contributed by atoms with E-state index in [1.54, 1.807) is 6.07 Å². The van der Waals surface area contributed by atoms with Gasteiger partial charge >= 0.3 is 6.18 Å². The van der Waals surface area contributed by atoms with Gasteiger partial charge in [-0.15, -0.1) is 0 Å². The van der Waals surface area contributed by atoms with E-state index in [4.69, 9.17) is 0 Å². The first-order valence-electron chi connectivity index (χ1n) is 9.18. The molecule has 1 unspecified atom stereocenters. The van der Waals surface area contributed by atoms with Crippen molar-refractivity contribution in [2.75, 3.05) is 24.5 Å². The highest BCUT2D eigenvalue weighted by atomic mass is 19.4. The molecule has 2 fully saturated rings. The standard InChI is InChI=1S/C19H28F3N3/c1-18(2)12-16(7-8-24-18)23-13-14-5-6-15(19(20,21)22)11-17(14)25-9-3-4-10-25/h5-6,11,16,23-24H,3-4,7-10,12-13H2,1-2H3. The van der Waals surface area contributed by atoms with E-state index >= 15 is 0 Å². The molecule has 140 valence electrons. The number of nitrogens with one attached hydrogen (secondary N) is 2. The van der Waals surface area contributed by atoms with Crippen LogP contribution in [0, 0.1) is 0 Å². The molecule has 0 aliphatic carbocycles. The van der Waals surface area contributed by atoms with Crippen molar-refractivity contribution >= 4 is 5.69 Å². The Balaban J connectivity index is 1.75. The van der Waals surface area contributed by atoms with Gasteiger partial charge in [0.2, 0.25) is 0 Å². The minimum Gasteiger partial charge on any atom is -0.371 e. The number of piperidine rings is 1. The highest BCUT2D eigenvalue weighted by Gasteiger charge is 2.32. The van der Waals surface area contributed by atoms with Gasteiger partial charge in [-0.25, -0.2) is 0 Å². The quantitative estimate of drug-likeness (QED) is 0.857. The van der Waals surface area contributed by atoms with Crippen LogP contribution < -0.4 is 15.5 Å². The first-order chi connectivity index (χ1) is 11.7. The molecule has 2 saturated heterocycles. The maximum atomic E-state index is 13.1. The Bertz CT molecular complexity index is 592. The number of alkyl halides is 3. The zero-order valence-corrected chi connectivity index (χ0v) is 15.0. The third kappa shape index (κ3) is 4.67. The largest absolute Gasteiger partial charge is 0.416 e. The first-order valence-corrected chi connectivity index (χ1v) is 9.18. The fraction of sp³-hybridized carbons (Fsp3) is 0.684. The van der Waals surface area contributed by atoms with Crippen LogP contribution in [0.25, 0.3) is 0 Å². The molecule has 2 aliphatic heterocycles. The third-order valence-corrected chi connectivity index (χ3v) is 5.29. The lowest BCUT2D eigenvalue weighted by atomic mass is 9.89. The summed E-state index contributed by atoms with van der Waals surface area (Å²) in [6.07, 6.45) is -0.132. The fourth-order valence-electron chi connectivity index (χ4n) is 3.95. The van der Waals surface area contributed by atoms with Crippen molar-refractivity contribution in [1.29, 1.82) is 0 Å². The molecule has 3 rings (SSSR count). The predicted octanol–water partition coefficient (Wildman–Crippen LogP) is 3.93. The zero-order chi connectivity index (χ0) is 18.1. The predicted molar refractivity (Wildman–Crippen MR) is 94.8 cm³/mol. The number of anilines is 1. The van der Waals surface area contributed by atoms with Crippen LogP contribution >= 0.6 is 0 Å². The smallest absolute Gasteiger partial charge is 0.371 e. The van der Waals surface area contributed by atoms with Gasteiger partial charge in [-0.2, -0.15) is 13.2 Å². The molecule has 1 aromatic rings. The van der Waals surface area contributed by atoms with E-state index in [0.717, 1.165) is 56.6 Å². The lowest BCUT2D eigenvalue weighted by molar-refractivity contribution is -0.137. The van der Waals surface area contributed by atoms with Gasteiger partial charge in [0.15, 0.2) is 0 Å². The molecule has 0 spiro atoms. The average Bonchev–Trinajstić information content (AvgIpc) is 3.05. The van der Waals surface area contributed by atoms with E-state index in [0.29, 0.717) is 12.6 Å². The zero-order valence-electron chi connectivity index (χ0n) is 15.0. The average molecular weight is 355 g/mol. The van der Waals surface area contributed by atoms with Crippen LogP contribution in [-0.2, 0) is 12.7 Å². The minimum atomic E-state index is -4.29. The molecule has 0 saturated carbocycles. The minimum absolute atomic E-state index is 0.105. The van der Waals surface area contributed by atoms with Crippen LogP contribution in [0.1, 0.15) is 50.7 Å². The van der Waals surface area contributed by atoms with Crippen LogP contribution in [0.3, 0.4) is 0 Å². The molecule has 2 aliphatic rings. The molecule has 0 amide bonds. The van der Waals surface area contributed by atoms with Crippen LogP contribution in [0.4, 0.5) is 18.9 Å². The van der Waals surface area contributed by atoms with Crippen molar-refractivity contribution in [3.05, 3.63) is 29.3 Å². The maximum Gasteiger partial charge on any atom is 0.416 e. The summed E-state index contributed by atoms with van der Waals surface area (Å²) in [5.74, 6) is 0. The number of hydrogen-bond acceptors (Lipinski definition) is 3. The molecule has 6 heteroatoms. The molecular formula is C19H28F3N3. The third-order valence-electron chi connectivity index (χ3n) is 5.29. The van der Waals surface area contributed by atoms with Gasteiger partial charge in [0.1, 0.15) is 0 Å². The number of halogens is 3. The number of benzene rings is 1. The molecule has 1 aromatic carbocycles. The van der Waals surface area contributed by atoms with Gasteiger partial charge in [0, 0.05) is 36.9 Å². The van der Waals surface area contributed by atoms with E-state index in [1.807, 2.05) is 0 Å². The van der Waals surface area contributed by atoms with E-state index in [-0.39, 0.29) is 5.54 Å². The Kier molecular flexibility index (Phi) is 5.30. The summed E-state index contributed by atoms with van der Waals surface area (Å²) in [4.78, 5) is 2.10. The Morgan fingerprint density at radius 1 is 1.24 bits per heavy atom. The Morgan fingerprint density at radius 3 is 2.60 bits per heavy atom. The summed E-state index contributed by atoms with van der Waals surface area (Å²) in [5, 5.41) is 7.06. The van der Waals surface area contributed by atoms with Gasteiger partial charge in [-0.3, -0.25) is 0 Å². The number of nitrogens with zero attached hydrogens (tertiary/aromatic N) is 1. The topological polar surface area (TPSA) is 27.3 Å². The van der Waals surface area contributed by atoms with Crippen molar-refractivity contribution in [3.63, 3.8) is 0 Å². The molecule has 1 atom stereocenters. The molecule has 0 radical (unpaired) electrons. The summed E-state index contributed by atoms with van der Waals surface area (Å²) >= 11 is 0. The summed E-state index contributed by atoms with van der Waals surface area (Å²) in [6, 6.07) is 4.58. The summed E-state index contributed by atoms with van der Waals surface area (Å²) < 4.78 is 39.3. The first kappa shape index (κ1) is 18.5. The van der Waals surface area contributed by atoms with Gasteiger partial charge in [0.05, 0.1) is 5.56 Å². The van der Waals surface area contributed by atoms with Crippen LogP contribution in [0.2, 0.25) is 0 Å². The Labute approximate surface area is 148 Å². The molecular weight excluding hydrogens is 327 g/mol. The van der Waals surface area contributed by atoms with Crippen molar-refractivity contribution in [1.82, 2.24) is 10.6 Å². The second-order valence-corrected chi connectivity index (χ2v) is 7.92. The fourth-order valence-corrected chi connectivity index (χ4v) is 3.95. The molecule has 25 heavy (non-hydrogen) atoms. The van der Waals surface area contributed by atoms with Crippen LogP contribution in [0.15, 0.2) is 18.2 Å². The van der Waals surface area contributed by atoms with Crippen molar-refractivity contribution in [3.8, 4) is 0 Å². The second kappa shape index (κ2) is 7.16. The Morgan fingerprint density at radius 2 is 1.96 bits per heavy atom. The number of rotatable bonds is 4. The highest BCUT2D eigenvalue weighted by Crippen LogP contribution is 2.34. The SMILES string of the molecule is CC1(C)CC(NCc2ccc(C(F)(F)F)cc2N2CCCC2)CCN1. The number of hydrogen-bond donors (Lipinski definition) is 2. The van der Waals surface area contributed by atoms with Gasteiger partial charge in [-0.1, -0.05) is 6.07 Å². The summed E-state index contributed by atoms with van der Waals surface area (Å²) in [7, 11) is 0. The highest BCUT2D eigenvalue weighted by molar-refractivity contribution is 5.56. The molecule has 3 nitrogen and oxygen atoms in total. The Hall–Kier alpha value is -1.27. The summed E-state index contributed by atoms with van der Waals surface area (Å²) in [6.45, 7) is 7.65. The van der Waals surface area contributed by atoms with Crippen molar-refractivity contribution in [2.24, 2.45) is 0 Å². The van der Waals surface area contributed by atoms with Gasteiger partial charge < -0.3 is 15.5 Å². The van der Waals surface area contributed by atoms with Crippen molar-refractivity contribution in [2.45, 2.75) is 63.8 Å². The summed E-state index contributed by atoms with van der Waals surface area (Å²) in [5.41, 5.74) is 1.26. The van der Waals surface area contributed by atoms with Gasteiger partial charge in [0.25, 0.3) is 0 Å². The molecule has 0 bridgehead atoms. The van der Waals surface area contributed by atoms with Gasteiger partial charge in [-0.05, 0) is 63.8 Å². The second-order valence-electron chi connectivity index (χ2n) is 7.92. The van der Waals surface area contributed by atoms with Crippen LogP contribution in [0.5, 0.6) is 0 Å². The monoisotopic (exact) mass is 355 g/mol. The maximum absolute atomic E-state index is 13.1. The van der Waals surface area contributed by atoms with Crippen LogP contribution in [-0.4, -0.2) is 31.2 Å². The lowest BCUT2D eigenvalue weighted by Gasteiger charge is -2.37. The van der Waals surface area contributed by atoms with E-state index < -0.39 is 11.7 Å². The van der Waals surface area contributed by atoms with Crippen molar-refractivity contribution < 1.29 is 13.2 Å². The molecule has 0 aromatic heterocycles.